The van der Waals surface area contributed by atoms with Crippen LogP contribution in [-0.2, 0) is 0 Å². The number of hydrogen-bond acceptors (Lipinski definition) is 11. The molecule has 0 amide bonds. The first kappa shape index (κ1) is 13.5. The lowest BCUT2D eigenvalue weighted by Gasteiger charge is -2.09. The molecule has 11 nitrogen and oxygen atoms in total. The van der Waals surface area contributed by atoms with Gasteiger partial charge in [-0.25, -0.2) is 0 Å². The summed E-state index contributed by atoms with van der Waals surface area (Å²) in [6, 6.07) is 0.0880. The molecule has 0 spiro atoms. The number of nitrogens with zero attached hydrogens (tertiary/aromatic N) is 6. The van der Waals surface area contributed by atoms with Gasteiger partial charge in [-0.15, -0.1) is 0 Å². The van der Waals surface area contributed by atoms with Crippen molar-refractivity contribution in [1.82, 2.24) is 29.9 Å². The van der Waals surface area contributed by atoms with Gasteiger partial charge < -0.3 is 21.9 Å². The maximum Gasteiger partial charge on any atom is 0.323 e. The lowest BCUT2D eigenvalue weighted by Crippen LogP contribution is -2.13. The van der Waals surface area contributed by atoms with E-state index >= 15 is 0 Å². The Morgan fingerprint density at radius 3 is 1.85 bits per heavy atom. The third kappa shape index (κ3) is 3.51. The zero-order valence-corrected chi connectivity index (χ0v) is 10.9. The smallest absolute Gasteiger partial charge is 0.323 e. The summed E-state index contributed by atoms with van der Waals surface area (Å²) in [5.41, 5.74) is 16.5. The van der Waals surface area contributed by atoms with Crippen molar-refractivity contribution in [2.75, 3.05) is 22.5 Å². The first-order valence-electron chi connectivity index (χ1n) is 5.64. The van der Waals surface area contributed by atoms with E-state index in [2.05, 4.69) is 35.2 Å². The number of ether oxygens (including phenoxy) is 1. The van der Waals surface area contributed by atoms with E-state index in [-0.39, 0.29) is 41.9 Å². The first-order chi connectivity index (χ1) is 9.42. The van der Waals surface area contributed by atoms with Crippen LogP contribution in [0.3, 0.4) is 0 Å². The summed E-state index contributed by atoms with van der Waals surface area (Å²) in [5.74, 6) is 0.142. The Kier molecular flexibility index (Phi) is 3.59. The first-order valence-corrected chi connectivity index (χ1v) is 5.64. The summed E-state index contributed by atoms with van der Waals surface area (Å²) in [6.07, 6.45) is -0.104. The summed E-state index contributed by atoms with van der Waals surface area (Å²) in [5, 5.41) is 2.70. The van der Waals surface area contributed by atoms with E-state index in [0.717, 1.165) is 0 Å². The Bertz CT molecular complexity index is 595. The van der Waals surface area contributed by atoms with Gasteiger partial charge in [0.15, 0.2) is 0 Å². The van der Waals surface area contributed by atoms with Crippen LogP contribution < -0.4 is 27.3 Å². The standard InChI is InChI=1S/C9H14N10O/c1-3(2)20-9-17-6(12)16-8(19-9)18-7-14-4(10)13-5(11)15-7/h3H,1-2H3,(H7,10,11,12,13,14,15,16,17,18,19). The molecule has 0 radical (unpaired) electrons. The van der Waals surface area contributed by atoms with Crippen molar-refractivity contribution in [3.05, 3.63) is 0 Å². The van der Waals surface area contributed by atoms with Gasteiger partial charge in [0.25, 0.3) is 0 Å². The molecule has 2 aromatic rings. The highest BCUT2D eigenvalue weighted by Crippen LogP contribution is 2.14. The Morgan fingerprint density at radius 1 is 0.800 bits per heavy atom. The molecule has 0 unspecified atom stereocenters. The van der Waals surface area contributed by atoms with E-state index in [1.165, 1.54) is 0 Å². The van der Waals surface area contributed by atoms with Crippen LogP contribution >= 0.6 is 0 Å². The second-order valence-corrected chi connectivity index (χ2v) is 3.97. The minimum Gasteiger partial charge on any atom is -0.461 e. The van der Waals surface area contributed by atoms with Gasteiger partial charge in [0.05, 0.1) is 6.10 Å². The molecule has 0 bridgehead atoms. The topological polar surface area (TPSA) is 177 Å². The fourth-order valence-electron chi connectivity index (χ4n) is 1.26. The fraction of sp³-hybridized carbons (Fsp3) is 0.333. The monoisotopic (exact) mass is 278 g/mol. The summed E-state index contributed by atoms with van der Waals surface area (Å²) in [7, 11) is 0. The molecule has 0 saturated heterocycles. The molecule has 0 aliphatic heterocycles. The Balaban J connectivity index is 2.26. The quantitative estimate of drug-likeness (QED) is 0.557. The van der Waals surface area contributed by atoms with E-state index < -0.39 is 0 Å². The molecule has 11 heteroatoms. The van der Waals surface area contributed by atoms with Gasteiger partial charge in [-0.3, -0.25) is 5.32 Å². The van der Waals surface area contributed by atoms with Gasteiger partial charge in [-0.05, 0) is 13.8 Å². The van der Waals surface area contributed by atoms with E-state index in [4.69, 9.17) is 21.9 Å². The summed E-state index contributed by atoms with van der Waals surface area (Å²) >= 11 is 0. The number of nitrogens with one attached hydrogen (secondary N) is 1. The molecule has 20 heavy (non-hydrogen) atoms. The van der Waals surface area contributed by atoms with Crippen LogP contribution in [0.15, 0.2) is 0 Å². The molecule has 2 aromatic heterocycles. The minimum atomic E-state index is -0.104. The van der Waals surface area contributed by atoms with Crippen LogP contribution in [0.5, 0.6) is 6.01 Å². The van der Waals surface area contributed by atoms with Crippen LogP contribution in [0, 0.1) is 0 Å². The molecule has 0 aromatic carbocycles. The van der Waals surface area contributed by atoms with Crippen LogP contribution in [0.4, 0.5) is 29.7 Å². The van der Waals surface area contributed by atoms with Crippen LogP contribution in [0.25, 0.3) is 0 Å². The Labute approximate surface area is 114 Å². The second-order valence-electron chi connectivity index (χ2n) is 3.97. The third-order valence-corrected chi connectivity index (χ3v) is 1.87. The zero-order chi connectivity index (χ0) is 14.7. The van der Waals surface area contributed by atoms with Gasteiger partial charge >= 0.3 is 6.01 Å². The second kappa shape index (κ2) is 5.34. The molecule has 0 aliphatic carbocycles. The molecular formula is C9H14N10O. The van der Waals surface area contributed by atoms with E-state index in [9.17, 15) is 0 Å². The number of rotatable bonds is 4. The van der Waals surface area contributed by atoms with Crippen LogP contribution in [-0.4, -0.2) is 36.0 Å². The largest absolute Gasteiger partial charge is 0.461 e. The average Bonchev–Trinajstić information content (AvgIpc) is 2.24. The third-order valence-electron chi connectivity index (χ3n) is 1.87. The van der Waals surface area contributed by atoms with Crippen LogP contribution in [0.1, 0.15) is 13.8 Å². The van der Waals surface area contributed by atoms with Crippen molar-refractivity contribution in [3.8, 4) is 6.01 Å². The summed E-state index contributed by atoms with van der Waals surface area (Å²) < 4.78 is 5.34. The van der Waals surface area contributed by atoms with Crippen LogP contribution in [0.2, 0.25) is 0 Å². The maximum atomic E-state index is 5.56. The van der Waals surface area contributed by atoms with E-state index in [0.29, 0.717) is 0 Å². The lowest BCUT2D eigenvalue weighted by atomic mass is 10.5. The van der Waals surface area contributed by atoms with Crippen molar-refractivity contribution in [3.63, 3.8) is 0 Å². The predicted octanol–water partition coefficient (Wildman–Crippen LogP) is -0.666. The Hall–Kier alpha value is -2.98. The number of aromatic nitrogens is 6. The van der Waals surface area contributed by atoms with Gasteiger partial charge in [-0.1, -0.05) is 0 Å². The van der Waals surface area contributed by atoms with Crippen molar-refractivity contribution >= 4 is 29.7 Å². The zero-order valence-electron chi connectivity index (χ0n) is 10.9. The molecule has 0 fully saturated rings. The summed E-state index contributed by atoms with van der Waals surface area (Å²) in [6.45, 7) is 3.67. The molecular weight excluding hydrogens is 264 g/mol. The van der Waals surface area contributed by atoms with Gasteiger partial charge in [0.2, 0.25) is 29.7 Å². The highest BCUT2D eigenvalue weighted by Gasteiger charge is 2.09. The van der Waals surface area contributed by atoms with Gasteiger partial charge in [-0.2, -0.15) is 29.9 Å². The maximum absolute atomic E-state index is 5.56. The molecule has 0 aliphatic rings. The molecule has 106 valence electrons. The molecule has 2 rings (SSSR count). The van der Waals surface area contributed by atoms with Crippen molar-refractivity contribution in [2.24, 2.45) is 0 Å². The van der Waals surface area contributed by atoms with Crippen molar-refractivity contribution < 1.29 is 4.74 Å². The van der Waals surface area contributed by atoms with Crippen molar-refractivity contribution in [2.45, 2.75) is 20.0 Å². The average molecular weight is 278 g/mol. The number of anilines is 5. The molecule has 2 heterocycles. The number of nitrogens with two attached hydrogens (primary N) is 3. The van der Waals surface area contributed by atoms with Gasteiger partial charge in [0.1, 0.15) is 0 Å². The number of hydrogen-bond donors (Lipinski definition) is 4. The number of nitrogen functional groups attached to an aromatic ring is 3. The molecule has 7 N–H and O–H groups in total. The molecule has 0 atom stereocenters. The lowest BCUT2D eigenvalue weighted by molar-refractivity contribution is 0.222. The predicted molar refractivity (Wildman–Crippen MR) is 71.9 cm³/mol. The van der Waals surface area contributed by atoms with E-state index in [1.807, 2.05) is 13.8 Å². The van der Waals surface area contributed by atoms with Gasteiger partial charge in [0, 0.05) is 0 Å². The van der Waals surface area contributed by atoms with Crippen molar-refractivity contribution in [1.29, 1.82) is 0 Å². The Morgan fingerprint density at radius 2 is 1.30 bits per heavy atom. The van der Waals surface area contributed by atoms with E-state index in [1.54, 1.807) is 0 Å². The molecule has 0 saturated carbocycles. The SMILES string of the molecule is CC(C)Oc1nc(N)nc(Nc2nc(N)nc(N)n2)n1. The highest BCUT2D eigenvalue weighted by molar-refractivity contribution is 5.48. The minimum absolute atomic E-state index is 0.00634. The fourth-order valence-corrected chi connectivity index (χ4v) is 1.26. The highest BCUT2D eigenvalue weighted by atomic mass is 16.5. The normalized spacial score (nSPS) is 10.6. The summed E-state index contributed by atoms with van der Waals surface area (Å²) in [4.78, 5) is 23.0.